The molecule has 1 heterocycles. The van der Waals surface area contributed by atoms with Crippen LogP contribution >= 0.6 is 0 Å². The van der Waals surface area contributed by atoms with Gasteiger partial charge in [0.2, 0.25) is 0 Å². The average Bonchev–Trinajstić information content (AvgIpc) is 2.69. The maximum absolute atomic E-state index is 13.3. The molecule has 0 unspecified atom stereocenters. The predicted octanol–water partition coefficient (Wildman–Crippen LogP) is 3.38. The van der Waals surface area contributed by atoms with Gasteiger partial charge in [0.1, 0.15) is 11.6 Å². The maximum Gasteiger partial charge on any atom is 0.191 e. The van der Waals surface area contributed by atoms with Crippen LogP contribution in [0.3, 0.4) is 0 Å². The number of halogens is 2. The standard InChI is InChI=1S/C21H25F2N3O/c1-24-20(25-14-16-3-2-4-19(23)13-16)26-15-21(9-11-27-12-10-21)17-5-7-18(22)8-6-17/h2-8,13H,9-12,14-15H2,1H3,(H2,24,25,26). The molecule has 1 fully saturated rings. The molecule has 0 spiro atoms. The SMILES string of the molecule is CN=C(NCc1cccc(F)c1)NCC1(c2ccc(F)cc2)CCOCC1. The topological polar surface area (TPSA) is 45.7 Å². The Kier molecular flexibility index (Phi) is 6.40. The second kappa shape index (κ2) is 8.95. The number of nitrogens with zero attached hydrogens (tertiary/aromatic N) is 1. The molecule has 0 bridgehead atoms. The number of rotatable bonds is 5. The summed E-state index contributed by atoms with van der Waals surface area (Å²) in [6, 6.07) is 13.2. The second-order valence-electron chi connectivity index (χ2n) is 6.81. The van der Waals surface area contributed by atoms with Gasteiger partial charge in [-0.25, -0.2) is 8.78 Å². The largest absolute Gasteiger partial charge is 0.381 e. The van der Waals surface area contributed by atoms with Crippen LogP contribution < -0.4 is 10.6 Å². The van der Waals surface area contributed by atoms with Crippen molar-refractivity contribution in [2.24, 2.45) is 4.99 Å². The molecular formula is C21H25F2N3O. The zero-order chi connectivity index (χ0) is 19.1. The van der Waals surface area contributed by atoms with Crippen molar-refractivity contribution in [1.82, 2.24) is 10.6 Å². The van der Waals surface area contributed by atoms with Crippen LogP contribution in [0, 0.1) is 11.6 Å². The van der Waals surface area contributed by atoms with Gasteiger partial charge in [-0.05, 0) is 48.2 Å². The number of hydrogen-bond donors (Lipinski definition) is 2. The van der Waals surface area contributed by atoms with Gasteiger partial charge in [0, 0.05) is 38.8 Å². The molecule has 1 saturated heterocycles. The minimum absolute atomic E-state index is 0.136. The predicted molar refractivity (Wildman–Crippen MR) is 103 cm³/mol. The Hall–Kier alpha value is -2.47. The van der Waals surface area contributed by atoms with Crippen molar-refractivity contribution in [1.29, 1.82) is 0 Å². The summed E-state index contributed by atoms with van der Waals surface area (Å²) < 4.78 is 32.2. The number of guanidine groups is 1. The Morgan fingerprint density at radius 3 is 2.44 bits per heavy atom. The van der Waals surface area contributed by atoms with Crippen LogP contribution in [-0.2, 0) is 16.7 Å². The summed E-state index contributed by atoms with van der Waals surface area (Å²) in [7, 11) is 1.70. The minimum Gasteiger partial charge on any atom is -0.381 e. The van der Waals surface area contributed by atoms with Crippen LogP contribution in [0.2, 0.25) is 0 Å². The molecule has 0 aromatic heterocycles. The molecule has 1 aliphatic heterocycles. The van der Waals surface area contributed by atoms with E-state index in [1.54, 1.807) is 13.1 Å². The molecular weight excluding hydrogens is 348 g/mol. The van der Waals surface area contributed by atoms with Crippen LogP contribution in [0.1, 0.15) is 24.0 Å². The fourth-order valence-corrected chi connectivity index (χ4v) is 3.44. The smallest absolute Gasteiger partial charge is 0.191 e. The third-order valence-electron chi connectivity index (χ3n) is 5.07. The zero-order valence-electron chi connectivity index (χ0n) is 15.5. The summed E-state index contributed by atoms with van der Waals surface area (Å²) in [6.45, 7) is 2.48. The van der Waals surface area contributed by atoms with E-state index in [4.69, 9.17) is 4.74 Å². The highest BCUT2D eigenvalue weighted by atomic mass is 19.1. The molecule has 144 valence electrons. The highest BCUT2D eigenvalue weighted by molar-refractivity contribution is 5.79. The molecule has 0 amide bonds. The first kappa shape index (κ1) is 19.3. The zero-order valence-corrected chi connectivity index (χ0v) is 15.5. The van der Waals surface area contributed by atoms with E-state index < -0.39 is 0 Å². The first-order chi connectivity index (χ1) is 13.1. The Morgan fingerprint density at radius 1 is 1.04 bits per heavy atom. The van der Waals surface area contributed by atoms with Crippen LogP contribution in [0.15, 0.2) is 53.5 Å². The third-order valence-corrected chi connectivity index (χ3v) is 5.07. The van der Waals surface area contributed by atoms with E-state index in [0.29, 0.717) is 32.3 Å². The Labute approximate surface area is 158 Å². The summed E-state index contributed by atoms with van der Waals surface area (Å²) in [6.07, 6.45) is 1.71. The lowest BCUT2D eigenvalue weighted by atomic mass is 9.74. The molecule has 2 aromatic carbocycles. The Morgan fingerprint density at radius 2 is 1.78 bits per heavy atom. The fraction of sp³-hybridized carbons (Fsp3) is 0.381. The quantitative estimate of drug-likeness (QED) is 0.624. The van der Waals surface area contributed by atoms with Gasteiger partial charge in [-0.3, -0.25) is 4.99 Å². The normalized spacial score (nSPS) is 16.8. The first-order valence-electron chi connectivity index (χ1n) is 9.14. The second-order valence-corrected chi connectivity index (χ2v) is 6.81. The third kappa shape index (κ3) is 5.04. The summed E-state index contributed by atoms with van der Waals surface area (Å²) >= 11 is 0. The summed E-state index contributed by atoms with van der Waals surface area (Å²) in [4.78, 5) is 4.26. The first-order valence-corrected chi connectivity index (χ1v) is 9.14. The Balaban J connectivity index is 1.65. The van der Waals surface area contributed by atoms with Gasteiger partial charge in [-0.1, -0.05) is 24.3 Å². The van der Waals surface area contributed by atoms with Crippen molar-refractivity contribution in [3.63, 3.8) is 0 Å². The van der Waals surface area contributed by atoms with Crippen LogP contribution in [-0.4, -0.2) is 32.8 Å². The van der Waals surface area contributed by atoms with E-state index >= 15 is 0 Å². The minimum atomic E-state index is -0.255. The highest BCUT2D eigenvalue weighted by Crippen LogP contribution is 2.34. The highest BCUT2D eigenvalue weighted by Gasteiger charge is 2.34. The lowest BCUT2D eigenvalue weighted by molar-refractivity contribution is 0.0513. The molecule has 0 atom stereocenters. The Bertz CT molecular complexity index is 771. The molecule has 2 aromatic rings. The summed E-state index contributed by atoms with van der Waals surface area (Å²) in [5.74, 6) is 0.156. The number of benzene rings is 2. The molecule has 2 N–H and O–H groups in total. The molecule has 4 nitrogen and oxygen atoms in total. The molecule has 0 aliphatic carbocycles. The lowest BCUT2D eigenvalue weighted by Crippen LogP contribution is -2.47. The summed E-state index contributed by atoms with van der Waals surface area (Å²) in [5.41, 5.74) is 1.81. The van der Waals surface area contributed by atoms with Gasteiger partial charge in [-0.2, -0.15) is 0 Å². The van der Waals surface area contributed by atoms with Crippen molar-refractivity contribution >= 4 is 5.96 Å². The monoisotopic (exact) mass is 373 g/mol. The van der Waals surface area contributed by atoms with Gasteiger partial charge >= 0.3 is 0 Å². The maximum atomic E-state index is 13.3. The lowest BCUT2D eigenvalue weighted by Gasteiger charge is -2.38. The average molecular weight is 373 g/mol. The number of nitrogens with one attached hydrogen (secondary N) is 2. The van der Waals surface area contributed by atoms with Crippen molar-refractivity contribution in [3.05, 3.63) is 71.3 Å². The molecule has 27 heavy (non-hydrogen) atoms. The van der Waals surface area contributed by atoms with E-state index in [9.17, 15) is 8.78 Å². The van der Waals surface area contributed by atoms with Crippen molar-refractivity contribution < 1.29 is 13.5 Å². The fourth-order valence-electron chi connectivity index (χ4n) is 3.44. The van der Waals surface area contributed by atoms with Gasteiger partial charge in [0.25, 0.3) is 0 Å². The van der Waals surface area contributed by atoms with Crippen LogP contribution in [0.4, 0.5) is 8.78 Å². The van der Waals surface area contributed by atoms with Gasteiger partial charge in [0.15, 0.2) is 5.96 Å². The molecule has 1 aliphatic rings. The number of hydrogen-bond acceptors (Lipinski definition) is 2. The molecule has 6 heteroatoms. The van der Waals surface area contributed by atoms with Crippen molar-refractivity contribution in [3.8, 4) is 0 Å². The van der Waals surface area contributed by atoms with Gasteiger partial charge in [0.05, 0.1) is 0 Å². The molecule has 0 saturated carbocycles. The summed E-state index contributed by atoms with van der Waals surface area (Å²) in [5, 5.41) is 6.59. The van der Waals surface area contributed by atoms with Crippen LogP contribution in [0.25, 0.3) is 0 Å². The van der Waals surface area contributed by atoms with Crippen molar-refractivity contribution in [2.45, 2.75) is 24.8 Å². The van der Waals surface area contributed by atoms with Gasteiger partial charge in [-0.15, -0.1) is 0 Å². The van der Waals surface area contributed by atoms with E-state index in [1.807, 2.05) is 18.2 Å². The van der Waals surface area contributed by atoms with E-state index in [1.165, 1.54) is 24.3 Å². The number of ether oxygens (including phenoxy) is 1. The van der Waals surface area contributed by atoms with Gasteiger partial charge < -0.3 is 15.4 Å². The number of aliphatic imine (C=N–C) groups is 1. The van der Waals surface area contributed by atoms with Crippen LogP contribution in [0.5, 0.6) is 0 Å². The molecule has 3 rings (SSSR count). The molecule has 0 radical (unpaired) electrons. The van der Waals surface area contributed by atoms with E-state index in [0.717, 1.165) is 24.0 Å². The van der Waals surface area contributed by atoms with E-state index in [2.05, 4.69) is 15.6 Å². The van der Waals surface area contributed by atoms with Crippen molar-refractivity contribution in [2.75, 3.05) is 26.8 Å². The van der Waals surface area contributed by atoms with E-state index in [-0.39, 0.29) is 17.0 Å².